The number of benzene rings is 2. The fourth-order valence-electron chi connectivity index (χ4n) is 4.37. The number of carbonyl (C=O) groups excluding carboxylic acids is 2. The highest BCUT2D eigenvalue weighted by Crippen LogP contribution is 2.39. The van der Waals surface area contributed by atoms with E-state index in [4.69, 9.17) is 4.74 Å². The Hall–Kier alpha value is -3.33. The number of hydrogen-bond acceptors (Lipinski definition) is 6. The van der Waals surface area contributed by atoms with E-state index in [2.05, 4.69) is 32.5 Å². The van der Waals surface area contributed by atoms with Crippen LogP contribution in [0.3, 0.4) is 0 Å². The molecule has 0 aliphatic heterocycles. The van der Waals surface area contributed by atoms with Gasteiger partial charge in [0.1, 0.15) is 5.75 Å². The summed E-state index contributed by atoms with van der Waals surface area (Å²) in [5, 5.41) is 9.23. The van der Waals surface area contributed by atoms with Crippen LogP contribution in [-0.4, -0.2) is 38.9 Å². The van der Waals surface area contributed by atoms with E-state index in [1.165, 1.54) is 18.2 Å². The number of amides is 2. The van der Waals surface area contributed by atoms with Crippen LogP contribution in [0, 0.1) is 5.92 Å². The van der Waals surface area contributed by atoms with Crippen LogP contribution >= 0.6 is 11.8 Å². The average Bonchev–Trinajstić information content (AvgIpc) is 3.30. The first-order chi connectivity index (χ1) is 17.0. The second-order valence-electron chi connectivity index (χ2n) is 8.80. The number of aromatic nitrogens is 3. The van der Waals surface area contributed by atoms with Crippen molar-refractivity contribution in [3.05, 3.63) is 60.2 Å². The Balaban J connectivity index is 1.52. The molecule has 0 spiro atoms. The minimum absolute atomic E-state index is 0.256. The van der Waals surface area contributed by atoms with Crippen LogP contribution in [0.25, 0.3) is 11.4 Å². The van der Waals surface area contributed by atoms with Crippen molar-refractivity contribution in [2.45, 2.75) is 56.0 Å². The van der Waals surface area contributed by atoms with Gasteiger partial charge in [-0.3, -0.25) is 25.0 Å². The average molecular weight is 494 g/mol. The molecule has 9 heteroatoms. The lowest BCUT2D eigenvalue weighted by atomic mass is 9.85. The largest absolute Gasteiger partial charge is 0.497 e. The summed E-state index contributed by atoms with van der Waals surface area (Å²) in [7, 11) is 1.64. The third kappa shape index (κ3) is 5.85. The van der Waals surface area contributed by atoms with Gasteiger partial charge in [-0.1, -0.05) is 49.7 Å². The molecular formula is C26H31N5O3S. The summed E-state index contributed by atoms with van der Waals surface area (Å²) in [5.41, 5.74) is 6.44. The fraction of sp³-hybridized carbons (Fsp3) is 0.385. The fourth-order valence-corrected chi connectivity index (χ4v) is 5.27. The van der Waals surface area contributed by atoms with Gasteiger partial charge in [0.2, 0.25) is 0 Å². The summed E-state index contributed by atoms with van der Waals surface area (Å²) >= 11 is 1.35. The molecule has 0 saturated heterocycles. The summed E-state index contributed by atoms with van der Waals surface area (Å²) in [4.78, 5) is 25.0. The van der Waals surface area contributed by atoms with Crippen LogP contribution in [0.2, 0.25) is 0 Å². The van der Waals surface area contributed by atoms with Gasteiger partial charge in [0, 0.05) is 17.2 Å². The molecule has 2 N–H and O–H groups in total. The van der Waals surface area contributed by atoms with E-state index in [0.717, 1.165) is 36.4 Å². The molecule has 1 aliphatic carbocycles. The van der Waals surface area contributed by atoms with Gasteiger partial charge < -0.3 is 4.74 Å². The Kier molecular flexibility index (Phi) is 8.07. The molecule has 0 bridgehead atoms. The van der Waals surface area contributed by atoms with Crippen LogP contribution in [0.1, 0.15) is 55.9 Å². The normalized spacial score (nSPS) is 18.5. The highest BCUT2D eigenvalue weighted by Gasteiger charge is 2.30. The maximum Gasteiger partial charge on any atom is 0.269 e. The number of rotatable bonds is 7. The number of carbonyl (C=O) groups is 2. The lowest BCUT2D eigenvalue weighted by molar-refractivity contribution is -0.121. The van der Waals surface area contributed by atoms with E-state index in [1.54, 1.807) is 38.3 Å². The molecule has 35 heavy (non-hydrogen) atoms. The lowest BCUT2D eigenvalue weighted by Gasteiger charge is -2.31. The van der Waals surface area contributed by atoms with Gasteiger partial charge in [-0.05, 0) is 62.1 Å². The minimum Gasteiger partial charge on any atom is -0.497 e. The van der Waals surface area contributed by atoms with Crippen molar-refractivity contribution in [1.29, 1.82) is 0 Å². The number of hydrogen-bond donors (Lipinski definition) is 2. The Labute approximate surface area is 209 Å². The van der Waals surface area contributed by atoms with Crippen molar-refractivity contribution >= 4 is 23.6 Å². The quantitative estimate of drug-likeness (QED) is 0.367. The smallest absolute Gasteiger partial charge is 0.269 e. The van der Waals surface area contributed by atoms with Crippen molar-refractivity contribution in [1.82, 2.24) is 25.6 Å². The maximum atomic E-state index is 12.8. The van der Waals surface area contributed by atoms with Crippen LogP contribution in [0.4, 0.5) is 0 Å². The summed E-state index contributed by atoms with van der Waals surface area (Å²) in [5.74, 6) is 1.38. The number of nitrogens with one attached hydrogen (secondary N) is 2. The first-order valence-electron chi connectivity index (χ1n) is 11.9. The second kappa shape index (κ2) is 11.4. The molecule has 1 aromatic heterocycles. The molecule has 1 saturated carbocycles. The third-order valence-corrected chi connectivity index (χ3v) is 7.45. The van der Waals surface area contributed by atoms with Gasteiger partial charge in [0.25, 0.3) is 11.8 Å². The summed E-state index contributed by atoms with van der Waals surface area (Å²) in [6.07, 6.45) is 4.57. The number of methoxy groups -OCH3 is 1. The number of nitrogens with zero attached hydrogens (tertiary/aromatic N) is 3. The van der Waals surface area contributed by atoms with Gasteiger partial charge in [0.15, 0.2) is 11.0 Å². The predicted molar refractivity (Wildman–Crippen MR) is 136 cm³/mol. The van der Waals surface area contributed by atoms with Crippen molar-refractivity contribution in [2.24, 2.45) is 5.92 Å². The summed E-state index contributed by atoms with van der Waals surface area (Å²) in [6.45, 7) is 4.07. The first-order valence-corrected chi connectivity index (χ1v) is 12.8. The predicted octanol–water partition coefficient (Wildman–Crippen LogP) is 4.65. The monoisotopic (exact) mass is 493 g/mol. The molecule has 2 amide bonds. The summed E-state index contributed by atoms with van der Waals surface area (Å²) in [6, 6.07) is 16.8. The second-order valence-corrected chi connectivity index (χ2v) is 10.1. The SMILES string of the molecule is COc1ccc(-c2nnc(S[C@H](C)C(=O)NNC(=O)c3ccccc3)n2[C@@H]2CCCC[C@@H]2C)cc1. The molecule has 1 aliphatic rings. The molecule has 3 atom stereocenters. The van der Waals surface area contributed by atoms with Crippen molar-refractivity contribution < 1.29 is 14.3 Å². The Bertz CT molecular complexity index is 1150. The zero-order chi connectivity index (χ0) is 24.8. The first kappa shape index (κ1) is 24.8. The minimum atomic E-state index is -0.489. The van der Waals surface area contributed by atoms with Crippen LogP contribution in [0.15, 0.2) is 59.8 Å². The molecule has 3 aromatic rings. The molecule has 4 rings (SSSR count). The van der Waals surface area contributed by atoms with E-state index >= 15 is 0 Å². The zero-order valence-electron chi connectivity index (χ0n) is 20.2. The molecular weight excluding hydrogens is 462 g/mol. The van der Waals surface area contributed by atoms with Gasteiger partial charge >= 0.3 is 0 Å². The molecule has 1 fully saturated rings. The van der Waals surface area contributed by atoms with Crippen LogP contribution in [0.5, 0.6) is 5.75 Å². The summed E-state index contributed by atoms with van der Waals surface area (Å²) < 4.78 is 7.50. The van der Waals surface area contributed by atoms with Crippen LogP contribution < -0.4 is 15.6 Å². The number of hydrazine groups is 1. The van der Waals surface area contributed by atoms with E-state index in [0.29, 0.717) is 16.6 Å². The Morgan fingerprint density at radius 1 is 1.03 bits per heavy atom. The lowest BCUT2D eigenvalue weighted by Crippen LogP contribution is -2.45. The third-order valence-electron chi connectivity index (χ3n) is 6.40. The van der Waals surface area contributed by atoms with Gasteiger partial charge in [-0.15, -0.1) is 10.2 Å². The maximum absolute atomic E-state index is 12.8. The Morgan fingerprint density at radius 2 is 1.74 bits per heavy atom. The molecule has 2 aromatic carbocycles. The van der Waals surface area contributed by atoms with Crippen molar-refractivity contribution in [2.75, 3.05) is 7.11 Å². The van der Waals surface area contributed by atoms with E-state index in [1.807, 2.05) is 30.3 Å². The Morgan fingerprint density at radius 3 is 2.43 bits per heavy atom. The van der Waals surface area contributed by atoms with Gasteiger partial charge in [-0.2, -0.15) is 0 Å². The van der Waals surface area contributed by atoms with Crippen LogP contribution in [-0.2, 0) is 4.79 Å². The molecule has 184 valence electrons. The standard InChI is InChI=1S/C26H31N5O3S/c1-17-9-7-8-12-22(17)31-23(19-13-15-21(34-3)16-14-19)27-30-26(31)35-18(2)24(32)28-29-25(33)20-10-5-4-6-11-20/h4-6,10-11,13-18,22H,7-9,12H2,1-3H3,(H,28,32)(H,29,33)/t17-,18+,22+/m0/s1. The van der Waals surface area contributed by atoms with Gasteiger partial charge in [0.05, 0.1) is 12.4 Å². The molecule has 0 unspecified atom stereocenters. The van der Waals surface area contributed by atoms with E-state index < -0.39 is 5.25 Å². The van der Waals surface area contributed by atoms with Crippen molar-refractivity contribution in [3.63, 3.8) is 0 Å². The zero-order valence-corrected chi connectivity index (χ0v) is 21.0. The van der Waals surface area contributed by atoms with E-state index in [9.17, 15) is 9.59 Å². The van der Waals surface area contributed by atoms with E-state index in [-0.39, 0.29) is 17.9 Å². The topological polar surface area (TPSA) is 98.1 Å². The molecule has 1 heterocycles. The molecule has 0 radical (unpaired) electrons. The highest BCUT2D eigenvalue weighted by atomic mass is 32.2. The highest BCUT2D eigenvalue weighted by molar-refractivity contribution is 8.00. The molecule has 8 nitrogen and oxygen atoms in total. The van der Waals surface area contributed by atoms with Crippen molar-refractivity contribution in [3.8, 4) is 17.1 Å². The number of ether oxygens (including phenoxy) is 1. The van der Waals surface area contributed by atoms with Gasteiger partial charge in [-0.25, -0.2) is 0 Å². The number of thioether (sulfide) groups is 1.